The molecule has 4 nitrogen and oxygen atoms in total. The molecule has 1 aliphatic heterocycles. The second-order valence-corrected chi connectivity index (χ2v) is 8.10. The lowest BCUT2D eigenvalue weighted by atomic mass is 10.1. The average molecular weight is 457 g/mol. The zero-order valence-corrected chi connectivity index (χ0v) is 20.6. The molecule has 34 heavy (non-hydrogen) atoms. The standard InChI is InChI=1S/C16H16O2.C14H20N2/c1-12(2)14-8-4-6-10-16(14)18-11-13-7-3-5-9-15(13)17;1-6-7-11(2)12(3)10-14-13(4)15-8-9-16(14)5/h3-10,17H,1,11H2,2H3;6-7,10,15H,2-4,8-9H2,1,5H3/b;7-6-,14-10-. The SMILES string of the molecule is C=C(/C=C\C)C(=C)/C=C1/C(=C)NCCN1C.C=C(C)c1ccccc1OCc1ccccc1O. The van der Waals surface area contributed by atoms with E-state index in [1.165, 1.54) is 0 Å². The highest BCUT2D eigenvalue weighted by Crippen LogP contribution is 2.26. The van der Waals surface area contributed by atoms with E-state index in [4.69, 9.17) is 4.74 Å². The van der Waals surface area contributed by atoms with Crippen LogP contribution in [-0.4, -0.2) is 30.1 Å². The lowest BCUT2D eigenvalue weighted by Gasteiger charge is -2.30. The van der Waals surface area contributed by atoms with E-state index in [1.807, 2.05) is 68.5 Å². The van der Waals surface area contributed by atoms with Gasteiger partial charge in [-0.1, -0.05) is 74.9 Å². The number of rotatable bonds is 7. The summed E-state index contributed by atoms with van der Waals surface area (Å²) in [6.45, 7) is 22.1. The fraction of sp³-hybridized carbons (Fsp3) is 0.200. The van der Waals surface area contributed by atoms with E-state index in [2.05, 4.69) is 43.6 Å². The summed E-state index contributed by atoms with van der Waals surface area (Å²) in [5, 5.41) is 12.9. The number of nitrogens with one attached hydrogen (secondary N) is 1. The van der Waals surface area contributed by atoms with Crippen molar-refractivity contribution in [3.8, 4) is 11.5 Å². The Morgan fingerprint density at radius 2 is 1.76 bits per heavy atom. The van der Waals surface area contributed by atoms with Crippen LogP contribution >= 0.6 is 0 Å². The van der Waals surface area contributed by atoms with Crippen molar-refractivity contribution in [2.75, 3.05) is 20.1 Å². The number of allylic oxidation sites excluding steroid dienone is 6. The molecule has 2 N–H and O–H groups in total. The molecular weight excluding hydrogens is 420 g/mol. The maximum atomic E-state index is 9.67. The van der Waals surface area contributed by atoms with E-state index >= 15 is 0 Å². The van der Waals surface area contributed by atoms with Crippen molar-refractivity contribution in [3.63, 3.8) is 0 Å². The van der Waals surface area contributed by atoms with Gasteiger partial charge in [0.25, 0.3) is 0 Å². The first-order valence-electron chi connectivity index (χ1n) is 11.3. The van der Waals surface area contributed by atoms with Crippen LogP contribution in [0.2, 0.25) is 0 Å². The van der Waals surface area contributed by atoms with Gasteiger partial charge in [0.05, 0.1) is 11.4 Å². The summed E-state index contributed by atoms with van der Waals surface area (Å²) in [7, 11) is 2.06. The number of nitrogens with zero attached hydrogens (tertiary/aromatic N) is 1. The molecule has 0 aliphatic carbocycles. The molecule has 2 aromatic carbocycles. The van der Waals surface area contributed by atoms with Crippen LogP contribution in [0.5, 0.6) is 11.5 Å². The molecule has 0 spiro atoms. The van der Waals surface area contributed by atoms with Gasteiger partial charge in [0.1, 0.15) is 18.1 Å². The summed E-state index contributed by atoms with van der Waals surface area (Å²) in [5.41, 5.74) is 6.61. The van der Waals surface area contributed by atoms with Gasteiger partial charge in [-0.3, -0.25) is 0 Å². The van der Waals surface area contributed by atoms with Crippen molar-refractivity contribution in [1.82, 2.24) is 10.2 Å². The number of para-hydroxylation sites is 2. The third kappa shape index (κ3) is 7.59. The minimum absolute atomic E-state index is 0.255. The van der Waals surface area contributed by atoms with Crippen LogP contribution in [-0.2, 0) is 6.61 Å². The Kier molecular flexibility index (Phi) is 10.0. The van der Waals surface area contributed by atoms with Crippen molar-refractivity contribution < 1.29 is 9.84 Å². The molecule has 0 saturated carbocycles. The topological polar surface area (TPSA) is 44.7 Å². The van der Waals surface area contributed by atoms with Gasteiger partial charge in [-0.15, -0.1) is 0 Å². The van der Waals surface area contributed by atoms with E-state index in [0.717, 1.165) is 58.1 Å². The highest BCUT2D eigenvalue weighted by molar-refractivity contribution is 5.67. The molecule has 1 fully saturated rings. The van der Waals surface area contributed by atoms with Gasteiger partial charge in [-0.2, -0.15) is 0 Å². The molecule has 1 heterocycles. The lowest BCUT2D eigenvalue weighted by molar-refractivity contribution is 0.298. The maximum absolute atomic E-state index is 9.67. The Bertz CT molecular complexity index is 1110. The molecule has 0 bridgehead atoms. The Balaban J connectivity index is 0.000000242. The number of hydrogen-bond donors (Lipinski definition) is 2. The zero-order chi connectivity index (χ0) is 25.1. The van der Waals surface area contributed by atoms with Crippen LogP contribution in [0.15, 0.2) is 116 Å². The third-order valence-corrected chi connectivity index (χ3v) is 5.32. The summed E-state index contributed by atoms with van der Waals surface area (Å²) in [5.74, 6) is 1.04. The smallest absolute Gasteiger partial charge is 0.127 e. The Hall–Kier alpha value is -3.92. The molecular formula is C30H36N2O2. The third-order valence-electron chi connectivity index (χ3n) is 5.32. The summed E-state index contributed by atoms with van der Waals surface area (Å²) in [6, 6.07) is 14.9. The van der Waals surface area contributed by atoms with Gasteiger partial charge >= 0.3 is 0 Å². The van der Waals surface area contributed by atoms with Gasteiger partial charge < -0.3 is 20.1 Å². The predicted octanol–water partition coefficient (Wildman–Crippen LogP) is 6.61. The van der Waals surface area contributed by atoms with Crippen LogP contribution in [0.3, 0.4) is 0 Å². The van der Waals surface area contributed by atoms with E-state index in [1.54, 1.807) is 12.1 Å². The monoisotopic (exact) mass is 456 g/mol. The van der Waals surface area contributed by atoms with Crippen LogP contribution in [0.25, 0.3) is 5.57 Å². The minimum Gasteiger partial charge on any atom is -0.508 e. The number of hydrogen-bond acceptors (Lipinski definition) is 4. The minimum atomic E-state index is 0.255. The number of aromatic hydroxyl groups is 1. The number of likely N-dealkylation sites (N-methyl/N-ethyl adjacent to an activating group) is 1. The molecule has 0 aromatic heterocycles. The second kappa shape index (κ2) is 12.9. The first kappa shape index (κ1) is 26.3. The van der Waals surface area contributed by atoms with Gasteiger partial charge in [0.2, 0.25) is 0 Å². The summed E-state index contributed by atoms with van der Waals surface area (Å²) >= 11 is 0. The Morgan fingerprint density at radius 3 is 2.41 bits per heavy atom. The first-order chi connectivity index (χ1) is 16.2. The highest BCUT2D eigenvalue weighted by Gasteiger charge is 2.14. The second-order valence-electron chi connectivity index (χ2n) is 8.10. The molecule has 0 unspecified atom stereocenters. The van der Waals surface area contributed by atoms with E-state index < -0.39 is 0 Å². The van der Waals surface area contributed by atoms with Crippen molar-refractivity contribution >= 4 is 5.57 Å². The number of phenols is 1. The van der Waals surface area contributed by atoms with E-state index in [9.17, 15) is 5.11 Å². The number of benzene rings is 2. The quantitative estimate of drug-likeness (QED) is 0.460. The summed E-state index contributed by atoms with van der Waals surface area (Å²) in [6.07, 6.45) is 5.94. The normalized spacial score (nSPS) is 14.3. The van der Waals surface area contributed by atoms with Crippen molar-refractivity contribution in [3.05, 3.63) is 127 Å². The predicted molar refractivity (Wildman–Crippen MR) is 145 cm³/mol. The van der Waals surface area contributed by atoms with Crippen LogP contribution < -0.4 is 10.1 Å². The fourth-order valence-electron chi connectivity index (χ4n) is 3.31. The molecule has 0 amide bonds. The molecule has 3 rings (SSSR count). The van der Waals surface area contributed by atoms with Gasteiger partial charge in [0, 0.05) is 31.3 Å². The average Bonchev–Trinajstić information content (AvgIpc) is 2.81. The molecule has 1 aliphatic rings. The molecule has 0 atom stereocenters. The van der Waals surface area contributed by atoms with E-state index in [0.29, 0.717) is 6.61 Å². The van der Waals surface area contributed by atoms with Crippen molar-refractivity contribution in [2.24, 2.45) is 0 Å². The number of piperazine rings is 1. The number of ether oxygens (including phenoxy) is 1. The van der Waals surface area contributed by atoms with Gasteiger partial charge in [-0.05, 0) is 48.8 Å². The number of phenolic OH excluding ortho intramolecular Hbond substituents is 1. The summed E-state index contributed by atoms with van der Waals surface area (Å²) < 4.78 is 5.74. The maximum Gasteiger partial charge on any atom is 0.127 e. The molecule has 0 radical (unpaired) electrons. The van der Waals surface area contributed by atoms with Crippen LogP contribution in [0.1, 0.15) is 25.0 Å². The molecule has 4 heteroatoms. The molecule has 178 valence electrons. The molecule has 1 saturated heterocycles. The largest absolute Gasteiger partial charge is 0.508 e. The van der Waals surface area contributed by atoms with Crippen molar-refractivity contribution in [2.45, 2.75) is 20.5 Å². The van der Waals surface area contributed by atoms with Crippen molar-refractivity contribution in [1.29, 1.82) is 0 Å². The first-order valence-corrected chi connectivity index (χ1v) is 11.3. The zero-order valence-electron chi connectivity index (χ0n) is 20.6. The van der Waals surface area contributed by atoms with E-state index in [-0.39, 0.29) is 5.75 Å². The fourth-order valence-corrected chi connectivity index (χ4v) is 3.31. The highest BCUT2D eigenvalue weighted by atomic mass is 16.5. The summed E-state index contributed by atoms with van der Waals surface area (Å²) in [4.78, 5) is 2.17. The van der Waals surface area contributed by atoms with Crippen LogP contribution in [0.4, 0.5) is 0 Å². The van der Waals surface area contributed by atoms with Gasteiger partial charge in [0.15, 0.2) is 0 Å². The lowest BCUT2D eigenvalue weighted by Crippen LogP contribution is -2.37. The Labute approximate surface area is 204 Å². The van der Waals surface area contributed by atoms with Crippen LogP contribution in [0, 0.1) is 0 Å². The Morgan fingerprint density at radius 1 is 1.09 bits per heavy atom. The molecule has 2 aromatic rings. The van der Waals surface area contributed by atoms with Gasteiger partial charge in [-0.25, -0.2) is 0 Å².